The van der Waals surface area contributed by atoms with Crippen molar-refractivity contribution in [2.45, 2.75) is 38.6 Å². The number of hydrogen-bond acceptors (Lipinski definition) is 3. The van der Waals surface area contributed by atoms with Crippen LogP contribution in [0.5, 0.6) is 5.75 Å². The van der Waals surface area contributed by atoms with Crippen molar-refractivity contribution in [3.05, 3.63) is 24.3 Å². The first-order valence-electron chi connectivity index (χ1n) is 6.99. The highest BCUT2D eigenvalue weighted by molar-refractivity contribution is 5.98. The molecule has 0 saturated carbocycles. The summed E-state index contributed by atoms with van der Waals surface area (Å²) in [5.74, 6) is 0.839. The minimum Gasteiger partial charge on any atom is -0.494 e. The van der Waals surface area contributed by atoms with Crippen molar-refractivity contribution in [2.75, 3.05) is 18.5 Å². The lowest BCUT2D eigenvalue weighted by Crippen LogP contribution is -2.50. The van der Waals surface area contributed by atoms with E-state index >= 15 is 0 Å². The summed E-state index contributed by atoms with van der Waals surface area (Å²) in [6.45, 7) is 5.53. The van der Waals surface area contributed by atoms with Gasteiger partial charge in [0, 0.05) is 11.8 Å². The molecule has 4 nitrogen and oxygen atoms in total. The number of carbonyl (C=O) groups is 1. The number of benzene rings is 1. The summed E-state index contributed by atoms with van der Waals surface area (Å²) in [6.07, 6.45) is 2.77. The lowest BCUT2D eigenvalue weighted by atomic mass is 9.93. The number of halogens is 1. The average Bonchev–Trinajstić information content (AvgIpc) is 2.89. The van der Waals surface area contributed by atoms with Crippen molar-refractivity contribution in [3.8, 4) is 5.75 Å². The fourth-order valence-corrected chi connectivity index (χ4v) is 2.54. The Bertz CT molecular complexity index is 445. The molecule has 1 aliphatic rings. The van der Waals surface area contributed by atoms with Crippen LogP contribution in [0.25, 0.3) is 0 Å². The van der Waals surface area contributed by atoms with Gasteiger partial charge in [-0.05, 0) is 44.9 Å². The van der Waals surface area contributed by atoms with Gasteiger partial charge in [-0.3, -0.25) is 4.79 Å². The Morgan fingerprint density at radius 3 is 2.85 bits per heavy atom. The summed E-state index contributed by atoms with van der Waals surface area (Å²) in [7, 11) is 0. The lowest BCUT2D eigenvalue weighted by molar-refractivity contribution is -0.122. The van der Waals surface area contributed by atoms with Crippen molar-refractivity contribution >= 4 is 24.0 Å². The van der Waals surface area contributed by atoms with Gasteiger partial charge in [-0.1, -0.05) is 13.0 Å². The first-order chi connectivity index (χ1) is 9.20. The molecule has 1 amide bonds. The van der Waals surface area contributed by atoms with Crippen LogP contribution in [0.3, 0.4) is 0 Å². The normalized spacial score (nSPS) is 21.1. The lowest BCUT2D eigenvalue weighted by Gasteiger charge is -2.26. The Balaban J connectivity index is 0.00000200. The van der Waals surface area contributed by atoms with Crippen LogP contribution in [0, 0.1) is 0 Å². The Hall–Kier alpha value is -1.26. The van der Waals surface area contributed by atoms with Gasteiger partial charge in [0.2, 0.25) is 5.91 Å². The van der Waals surface area contributed by atoms with E-state index < -0.39 is 5.54 Å². The Morgan fingerprint density at radius 1 is 1.45 bits per heavy atom. The van der Waals surface area contributed by atoms with Gasteiger partial charge in [-0.15, -0.1) is 12.4 Å². The number of hydrogen-bond donors (Lipinski definition) is 2. The second kappa shape index (κ2) is 7.50. The van der Waals surface area contributed by atoms with Gasteiger partial charge in [0.1, 0.15) is 5.75 Å². The molecule has 1 aliphatic heterocycles. The van der Waals surface area contributed by atoms with Crippen molar-refractivity contribution in [2.24, 2.45) is 0 Å². The third-order valence-electron chi connectivity index (χ3n) is 3.68. The first-order valence-corrected chi connectivity index (χ1v) is 6.99. The molecule has 0 bridgehead atoms. The molecule has 1 fully saturated rings. The van der Waals surface area contributed by atoms with E-state index in [1.165, 1.54) is 0 Å². The van der Waals surface area contributed by atoms with Gasteiger partial charge in [-0.25, -0.2) is 0 Å². The minimum atomic E-state index is -0.401. The molecule has 2 N–H and O–H groups in total. The summed E-state index contributed by atoms with van der Waals surface area (Å²) >= 11 is 0. The largest absolute Gasteiger partial charge is 0.494 e. The quantitative estimate of drug-likeness (QED) is 0.878. The molecule has 0 aromatic heterocycles. The van der Waals surface area contributed by atoms with Crippen molar-refractivity contribution in [3.63, 3.8) is 0 Å². The molecule has 2 rings (SSSR count). The molecule has 0 spiro atoms. The molecule has 0 aliphatic carbocycles. The molecule has 5 heteroatoms. The van der Waals surface area contributed by atoms with E-state index in [1.807, 2.05) is 31.2 Å². The minimum absolute atomic E-state index is 0. The zero-order chi connectivity index (χ0) is 13.7. The van der Waals surface area contributed by atoms with Crippen LogP contribution < -0.4 is 15.4 Å². The first kappa shape index (κ1) is 16.8. The summed E-state index contributed by atoms with van der Waals surface area (Å²) < 4.78 is 5.44. The van der Waals surface area contributed by atoms with Gasteiger partial charge in [0.25, 0.3) is 0 Å². The molecular weight excluding hydrogens is 276 g/mol. The summed E-state index contributed by atoms with van der Waals surface area (Å²) in [4.78, 5) is 12.4. The van der Waals surface area contributed by atoms with Crippen LogP contribution in [0.4, 0.5) is 5.69 Å². The van der Waals surface area contributed by atoms with Gasteiger partial charge in [0.05, 0.1) is 12.1 Å². The summed E-state index contributed by atoms with van der Waals surface area (Å²) in [5, 5.41) is 6.33. The SMILES string of the molecule is CCOc1cccc(NC(=O)C2(CC)CCCN2)c1.Cl. The van der Waals surface area contributed by atoms with Gasteiger partial charge in [0.15, 0.2) is 0 Å². The van der Waals surface area contributed by atoms with E-state index in [-0.39, 0.29) is 18.3 Å². The molecule has 1 atom stereocenters. The molecule has 1 aromatic rings. The molecule has 20 heavy (non-hydrogen) atoms. The van der Waals surface area contributed by atoms with Gasteiger partial charge >= 0.3 is 0 Å². The molecular formula is C15H23ClN2O2. The molecule has 1 heterocycles. The summed E-state index contributed by atoms with van der Waals surface area (Å²) in [6, 6.07) is 7.53. The fraction of sp³-hybridized carbons (Fsp3) is 0.533. The van der Waals surface area contributed by atoms with E-state index in [1.54, 1.807) is 0 Å². The number of amides is 1. The van der Waals surface area contributed by atoms with Crippen molar-refractivity contribution in [1.82, 2.24) is 5.32 Å². The second-order valence-corrected chi connectivity index (χ2v) is 4.88. The standard InChI is InChI=1S/C15H22N2O2.ClH/c1-3-15(9-6-10-16-15)14(18)17-12-7-5-8-13(11-12)19-4-2;/h5,7-8,11,16H,3-4,6,9-10H2,1-2H3,(H,17,18);1H. The van der Waals surface area contributed by atoms with Gasteiger partial charge < -0.3 is 15.4 Å². The monoisotopic (exact) mass is 298 g/mol. The van der Waals surface area contributed by atoms with E-state index in [2.05, 4.69) is 17.6 Å². The zero-order valence-electron chi connectivity index (χ0n) is 12.1. The molecule has 0 radical (unpaired) electrons. The van der Waals surface area contributed by atoms with Gasteiger partial charge in [-0.2, -0.15) is 0 Å². The molecule has 1 aromatic carbocycles. The number of carbonyl (C=O) groups excluding carboxylic acids is 1. The van der Waals surface area contributed by atoms with E-state index in [0.29, 0.717) is 6.61 Å². The maximum Gasteiger partial charge on any atom is 0.244 e. The highest BCUT2D eigenvalue weighted by Crippen LogP contribution is 2.25. The summed E-state index contributed by atoms with van der Waals surface area (Å²) in [5.41, 5.74) is 0.388. The Labute approximate surface area is 126 Å². The number of nitrogens with one attached hydrogen (secondary N) is 2. The predicted molar refractivity (Wildman–Crippen MR) is 83.7 cm³/mol. The Kier molecular flexibility index (Phi) is 6.30. The smallest absolute Gasteiger partial charge is 0.244 e. The maximum atomic E-state index is 12.4. The van der Waals surface area contributed by atoms with Crippen LogP contribution in [0.15, 0.2) is 24.3 Å². The topological polar surface area (TPSA) is 50.4 Å². The number of rotatable bonds is 5. The predicted octanol–water partition coefficient (Wildman–Crippen LogP) is 2.98. The maximum absolute atomic E-state index is 12.4. The van der Waals surface area contributed by atoms with E-state index in [0.717, 1.165) is 37.2 Å². The van der Waals surface area contributed by atoms with Crippen LogP contribution in [0.1, 0.15) is 33.1 Å². The van der Waals surface area contributed by atoms with Crippen LogP contribution >= 0.6 is 12.4 Å². The number of ether oxygens (including phenoxy) is 1. The fourth-order valence-electron chi connectivity index (χ4n) is 2.54. The van der Waals surface area contributed by atoms with Crippen molar-refractivity contribution in [1.29, 1.82) is 0 Å². The third-order valence-corrected chi connectivity index (χ3v) is 3.68. The molecule has 1 unspecified atom stereocenters. The molecule has 112 valence electrons. The highest BCUT2D eigenvalue weighted by atomic mass is 35.5. The third kappa shape index (κ3) is 3.64. The zero-order valence-corrected chi connectivity index (χ0v) is 12.9. The average molecular weight is 299 g/mol. The van der Waals surface area contributed by atoms with Crippen LogP contribution in [0.2, 0.25) is 0 Å². The molecule has 1 saturated heterocycles. The highest BCUT2D eigenvalue weighted by Gasteiger charge is 2.38. The van der Waals surface area contributed by atoms with Crippen LogP contribution in [-0.2, 0) is 4.79 Å². The Morgan fingerprint density at radius 2 is 2.25 bits per heavy atom. The second-order valence-electron chi connectivity index (χ2n) is 4.88. The van der Waals surface area contributed by atoms with Crippen LogP contribution in [-0.4, -0.2) is 24.6 Å². The van der Waals surface area contributed by atoms with E-state index in [9.17, 15) is 4.79 Å². The number of anilines is 1. The van der Waals surface area contributed by atoms with E-state index in [4.69, 9.17) is 4.74 Å². The van der Waals surface area contributed by atoms with Crippen molar-refractivity contribution < 1.29 is 9.53 Å².